The summed E-state index contributed by atoms with van der Waals surface area (Å²) in [7, 11) is 0. The third kappa shape index (κ3) is 1.98. The quantitative estimate of drug-likeness (QED) is 0.776. The molecule has 0 saturated heterocycles. The predicted octanol–water partition coefficient (Wildman–Crippen LogP) is 3.59. The van der Waals surface area contributed by atoms with E-state index in [-0.39, 0.29) is 5.91 Å². The van der Waals surface area contributed by atoms with Gasteiger partial charge in [0.05, 0.1) is 0 Å². The van der Waals surface area contributed by atoms with Gasteiger partial charge in [-0.2, -0.15) is 0 Å². The predicted molar refractivity (Wildman–Crippen MR) is 83.5 cm³/mol. The number of pyridine rings is 1. The van der Waals surface area contributed by atoms with E-state index in [2.05, 4.69) is 22.4 Å². The van der Waals surface area contributed by atoms with Crippen molar-refractivity contribution in [1.29, 1.82) is 0 Å². The molecule has 0 radical (unpaired) electrons. The van der Waals surface area contributed by atoms with Crippen LogP contribution in [0.1, 0.15) is 21.5 Å². The molecular weight excluding hydrogens is 260 g/mol. The van der Waals surface area contributed by atoms with Crippen LogP contribution in [-0.4, -0.2) is 10.9 Å². The van der Waals surface area contributed by atoms with Crippen LogP contribution in [0.4, 0.5) is 5.69 Å². The molecule has 0 unspecified atom stereocenters. The minimum Gasteiger partial charge on any atom is -0.322 e. The zero-order chi connectivity index (χ0) is 14.2. The van der Waals surface area contributed by atoms with E-state index in [1.165, 1.54) is 16.5 Å². The smallest absolute Gasteiger partial charge is 0.256 e. The number of carbonyl (C=O) groups excluding carboxylic acids is 1. The number of anilines is 1. The van der Waals surface area contributed by atoms with Gasteiger partial charge in [-0.15, -0.1) is 0 Å². The van der Waals surface area contributed by atoms with Crippen molar-refractivity contribution in [3.63, 3.8) is 0 Å². The van der Waals surface area contributed by atoms with Gasteiger partial charge in [0.2, 0.25) is 0 Å². The molecule has 4 rings (SSSR count). The first-order valence-electron chi connectivity index (χ1n) is 7.08. The lowest BCUT2D eigenvalue weighted by molar-refractivity contribution is 0.102. The second kappa shape index (κ2) is 4.70. The summed E-state index contributed by atoms with van der Waals surface area (Å²) in [5.41, 5.74) is 4.19. The first-order valence-corrected chi connectivity index (χ1v) is 7.08. The summed E-state index contributed by atoms with van der Waals surface area (Å²) < 4.78 is 0. The molecule has 21 heavy (non-hydrogen) atoms. The van der Waals surface area contributed by atoms with Gasteiger partial charge in [0, 0.05) is 23.6 Å². The Hall–Kier alpha value is -2.68. The third-order valence-corrected chi connectivity index (χ3v) is 4.06. The Bertz CT molecular complexity index is 830. The van der Waals surface area contributed by atoms with Gasteiger partial charge in [0.15, 0.2) is 0 Å². The molecule has 1 N–H and O–H groups in total. The molecule has 2 aromatic carbocycles. The molecular formula is C18H14N2O. The van der Waals surface area contributed by atoms with Gasteiger partial charge < -0.3 is 5.32 Å². The molecule has 0 fully saturated rings. The highest BCUT2D eigenvalue weighted by Crippen LogP contribution is 2.32. The summed E-state index contributed by atoms with van der Waals surface area (Å²) in [5.74, 6) is -0.0724. The maximum absolute atomic E-state index is 12.5. The second-order valence-corrected chi connectivity index (χ2v) is 5.30. The Morgan fingerprint density at radius 2 is 1.71 bits per heavy atom. The summed E-state index contributed by atoms with van der Waals surface area (Å²) in [6, 6.07) is 13.8. The molecule has 0 bridgehead atoms. The lowest BCUT2D eigenvalue weighted by atomic mass is 9.99. The molecule has 0 spiro atoms. The number of benzene rings is 2. The lowest BCUT2D eigenvalue weighted by Crippen LogP contribution is -2.12. The summed E-state index contributed by atoms with van der Waals surface area (Å²) in [6.45, 7) is 0. The Balaban J connectivity index is 1.79. The van der Waals surface area contributed by atoms with E-state index < -0.39 is 0 Å². The first kappa shape index (κ1) is 12.1. The van der Waals surface area contributed by atoms with Crippen molar-refractivity contribution in [2.24, 2.45) is 0 Å². The largest absolute Gasteiger partial charge is 0.322 e. The number of nitrogens with one attached hydrogen (secondary N) is 1. The number of hydrogen-bond donors (Lipinski definition) is 1. The van der Waals surface area contributed by atoms with E-state index in [1.54, 1.807) is 24.5 Å². The van der Waals surface area contributed by atoms with E-state index in [1.807, 2.05) is 18.2 Å². The monoisotopic (exact) mass is 274 g/mol. The number of carbonyl (C=O) groups is 1. The second-order valence-electron chi connectivity index (χ2n) is 5.30. The summed E-state index contributed by atoms with van der Waals surface area (Å²) >= 11 is 0. The molecule has 0 aliphatic heterocycles. The standard InChI is InChI=1S/C18H14N2O/c21-18(20-14-8-10-19-11-9-14)16-7-6-13-5-4-12-2-1-3-15(16)17(12)13/h1-3,6-11H,4-5H2,(H,19,20,21). The number of nitrogens with zero attached hydrogens (tertiary/aromatic N) is 1. The maximum Gasteiger partial charge on any atom is 0.256 e. The maximum atomic E-state index is 12.5. The van der Waals surface area contributed by atoms with E-state index >= 15 is 0 Å². The molecule has 0 atom stereocenters. The molecule has 0 saturated carbocycles. The van der Waals surface area contributed by atoms with Gasteiger partial charge in [-0.3, -0.25) is 9.78 Å². The van der Waals surface area contributed by atoms with E-state index in [9.17, 15) is 4.79 Å². The number of rotatable bonds is 2. The Kier molecular flexibility index (Phi) is 2.71. The fourth-order valence-corrected chi connectivity index (χ4v) is 3.08. The molecule has 1 amide bonds. The van der Waals surface area contributed by atoms with Gasteiger partial charge in [-0.1, -0.05) is 24.3 Å². The highest BCUT2D eigenvalue weighted by Gasteiger charge is 2.18. The molecule has 1 heterocycles. The molecule has 1 aliphatic carbocycles. The normalized spacial score (nSPS) is 12.6. The van der Waals surface area contributed by atoms with Crippen molar-refractivity contribution >= 4 is 22.4 Å². The van der Waals surface area contributed by atoms with Crippen LogP contribution in [0.5, 0.6) is 0 Å². The Morgan fingerprint density at radius 3 is 2.52 bits per heavy atom. The minimum atomic E-state index is -0.0724. The van der Waals surface area contributed by atoms with Crippen molar-refractivity contribution < 1.29 is 4.79 Å². The zero-order valence-corrected chi connectivity index (χ0v) is 11.5. The van der Waals surface area contributed by atoms with Gasteiger partial charge >= 0.3 is 0 Å². The number of amides is 1. The average molecular weight is 274 g/mol. The molecule has 3 heteroatoms. The van der Waals surface area contributed by atoms with E-state index in [0.29, 0.717) is 0 Å². The number of aromatic nitrogens is 1. The number of aryl methyl sites for hydroxylation is 2. The van der Waals surface area contributed by atoms with Crippen LogP contribution in [0.3, 0.4) is 0 Å². The van der Waals surface area contributed by atoms with Crippen LogP contribution >= 0.6 is 0 Å². The molecule has 1 aliphatic rings. The highest BCUT2D eigenvalue weighted by atomic mass is 16.1. The Labute approximate surface area is 122 Å². The van der Waals surface area contributed by atoms with E-state index in [0.717, 1.165) is 29.5 Å². The van der Waals surface area contributed by atoms with Crippen molar-refractivity contribution in [3.8, 4) is 0 Å². The average Bonchev–Trinajstić information content (AvgIpc) is 2.94. The van der Waals surface area contributed by atoms with Crippen LogP contribution in [0.15, 0.2) is 54.9 Å². The lowest BCUT2D eigenvalue weighted by Gasteiger charge is -2.09. The summed E-state index contributed by atoms with van der Waals surface area (Å²) in [4.78, 5) is 16.5. The van der Waals surface area contributed by atoms with Crippen LogP contribution in [0.2, 0.25) is 0 Å². The fourth-order valence-electron chi connectivity index (χ4n) is 3.08. The number of hydrogen-bond acceptors (Lipinski definition) is 2. The zero-order valence-electron chi connectivity index (χ0n) is 11.5. The molecule has 3 aromatic rings. The minimum absolute atomic E-state index is 0.0724. The fraction of sp³-hybridized carbons (Fsp3) is 0.111. The van der Waals surface area contributed by atoms with Crippen LogP contribution < -0.4 is 5.32 Å². The highest BCUT2D eigenvalue weighted by molar-refractivity contribution is 6.14. The van der Waals surface area contributed by atoms with Crippen molar-refractivity contribution in [2.75, 3.05) is 5.32 Å². The van der Waals surface area contributed by atoms with Crippen LogP contribution in [0.25, 0.3) is 10.8 Å². The van der Waals surface area contributed by atoms with Crippen molar-refractivity contribution in [2.45, 2.75) is 12.8 Å². The summed E-state index contributed by atoms with van der Waals surface area (Å²) in [5, 5.41) is 5.24. The Morgan fingerprint density at radius 1 is 0.952 bits per heavy atom. The summed E-state index contributed by atoms with van der Waals surface area (Å²) in [6.07, 6.45) is 5.48. The third-order valence-electron chi connectivity index (χ3n) is 4.06. The molecule has 1 aromatic heterocycles. The van der Waals surface area contributed by atoms with Gasteiger partial charge in [0.25, 0.3) is 5.91 Å². The van der Waals surface area contributed by atoms with Gasteiger partial charge in [-0.25, -0.2) is 0 Å². The van der Waals surface area contributed by atoms with Crippen LogP contribution in [-0.2, 0) is 12.8 Å². The van der Waals surface area contributed by atoms with Crippen molar-refractivity contribution in [1.82, 2.24) is 4.98 Å². The molecule has 102 valence electrons. The topological polar surface area (TPSA) is 42.0 Å². The molecule has 3 nitrogen and oxygen atoms in total. The van der Waals surface area contributed by atoms with Gasteiger partial charge in [0.1, 0.15) is 0 Å². The first-order chi connectivity index (χ1) is 10.3. The van der Waals surface area contributed by atoms with Crippen molar-refractivity contribution in [3.05, 3.63) is 71.5 Å². The van der Waals surface area contributed by atoms with Gasteiger partial charge in [-0.05, 0) is 52.9 Å². The van der Waals surface area contributed by atoms with Crippen LogP contribution in [0, 0.1) is 0 Å². The van der Waals surface area contributed by atoms with E-state index in [4.69, 9.17) is 0 Å². The SMILES string of the molecule is O=C(Nc1ccncc1)c1ccc2c3c(cccc13)CC2.